The molecule has 1 aromatic heterocycles. The SMILES string of the molecule is O=C(/C(=C/c1cccc(Cl)c1)c1cccc(Cl)c1)n1nnc2ccccc21. The molecule has 0 amide bonds. The molecular formula is C21H13Cl2N3O. The van der Waals surface area contributed by atoms with Crippen LogP contribution in [0.4, 0.5) is 0 Å². The van der Waals surface area contributed by atoms with Crippen molar-refractivity contribution < 1.29 is 4.79 Å². The average molecular weight is 394 g/mol. The average Bonchev–Trinajstić information content (AvgIpc) is 3.10. The highest BCUT2D eigenvalue weighted by molar-refractivity contribution is 6.32. The Labute approximate surface area is 165 Å². The fourth-order valence-corrected chi connectivity index (χ4v) is 3.21. The van der Waals surface area contributed by atoms with Crippen molar-refractivity contribution in [2.45, 2.75) is 0 Å². The number of hydrogen-bond donors (Lipinski definition) is 0. The van der Waals surface area contributed by atoms with Gasteiger partial charge in [0.05, 0.1) is 5.52 Å². The lowest BCUT2D eigenvalue weighted by Gasteiger charge is -2.09. The maximum absolute atomic E-state index is 13.3. The van der Waals surface area contributed by atoms with E-state index in [0.29, 0.717) is 32.2 Å². The molecular weight excluding hydrogens is 381 g/mol. The van der Waals surface area contributed by atoms with E-state index in [1.165, 1.54) is 4.68 Å². The van der Waals surface area contributed by atoms with Crippen LogP contribution in [0.3, 0.4) is 0 Å². The maximum atomic E-state index is 13.3. The summed E-state index contributed by atoms with van der Waals surface area (Å²) in [5, 5.41) is 9.25. The lowest BCUT2D eigenvalue weighted by Crippen LogP contribution is -2.14. The number of rotatable bonds is 3. The standard InChI is InChI=1S/C21H13Cl2N3O/c22-16-7-3-5-14(11-16)12-18(15-6-4-8-17(23)13-15)21(27)26-20-10-2-1-9-19(20)24-25-26/h1-13H/b18-12+. The van der Waals surface area contributed by atoms with Crippen molar-refractivity contribution in [1.82, 2.24) is 15.0 Å². The molecule has 0 radical (unpaired) electrons. The van der Waals surface area contributed by atoms with Gasteiger partial charge in [-0.3, -0.25) is 4.79 Å². The lowest BCUT2D eigenvalue weighted by molar-refractivity contribution is 0.0969. The van der Waals surface area contributed by atoms with Crippen LogP contribution in [0.25, 0.3) is 22.7 Å². The second-order valence-corrected chi connectivity index (χ2v) is 6.79. The van der Waals surface area contributed by atoms with Gasteiger partial charge in [-0.15, -0.1) is 5.10 Å². The molecule has 4 rings (SSSR count). The molecule has 0 aliphatic rings. The molecule has 0 fully saturated rings. The van der Waals surface area contributed by atoms with E-state index in [-0.39, 0.29) is 5.91 Å². The van der Waals surface area contributed by atoms with Crippen molar-refractivity contribution in [3.05, 3.63) is 94.0 Å². The summed E-state index contributed by atoms with van der Waals surface area (Å²) in [6, 6.07) is 21.7. The van der Waals surface area contributed by atoms with Gasteiger partial charge in [-0.1, -0.05) is 64.8 Å². The van der Waals surface area contributed by atoms with Crippen LogP contribution in [0.2, 0.25) is 10.0 Å². The first-order valence-corrected chi connectivity index (χ1v) is 8.96. The first-order valence-electron chi connectivity index (χ1n) is 8.20. The zero-order chi connectivity index (χ0) is 18.8. The van der Waals surface area contributed by atoms with Gasteiger partial charge in [0.25, 0.3) is 5.91 Å². The van der Waals surface area contributed by atoms with Gasteiger partial charge >= 0.3 is 0 Å². The molecule has 0 saturated heterocycles. The Hall–Kier alpha value is -2.95. The fourth-order valence-electron chi connectivity index (χ4n) is 2.82. The number of nitrogens with zero attached hydrogens (tertiary/aromatic N) is 3. The number of halogens is 2. The fraction of sp³-hybridized carbons (Fsp3) is 0. The van der Waals surface area contributed by atoms with Crippen LogP contribution >= 0.6 is 23.2 Å². The molecule has 0 N–H and O–H groups in total. The van der Waals surface area contributed by atoms with Gasteiger partial charge in [-0.05, 0) is 53.6 Å². The first kappa shape index (κ1) is 17.5. The third-order valence-electron chi connectivity index (χ3n) is 4.07. The smallest absolute Gasteiger partial charge is 0.267 e. The molecule has 0 atom stereocenters. The van der Waals surface area contributed by atoms with Crippen LogP contribution in [0, 0.1) is 0 Å². The molecule has 4 aromatic rings. The van der Waals surface area contributed by atoms with Gasteiger partial charge in [0.1, 0.15) is 5.52 Å². The highest BCUT2D eigenvalue weighted by Crippen LogP contribution is 2.25. The third-order valence-corrected chi connectivity index (χ3v) is 4.54. The minimum absolute atomic E-state index is 0.300. The van der Waals surface area contributed by atoms with E-state index in [1.807, 2.05) is 42.5 Å². The number of hydrogen-bond acceptors (Lipinski definition) is 3. The summed E-state index contributed by atoms with van der Waals surface area (Å²) in [6.07, 6.45) is 1.77. The predicted molar refractivity (Wildman–Crippen MR) is 109 cm³/mol. The number of fused-ring (bicyclic) bond motifs is 1. The van der Waals surface area contributed by atoms with Gasteiger partial charge in [0.2, 0.25) is 0 Å². The van der Waals surface area contributed by atoms with Crippen LogP contribution in [-0.2, 0) is 0 Å². The number of para-hydroxylation sites is 1. The summed E-state index contributed by atoms with van der Waals surface area (Å²) >= 11 is 12.2. The molecule has 0 aliphatic carbocycles. The summed E-state index contributed by atoms with van der Waals surface area (Å²) < 4.78 is 1.30. The highest BCUT2D eigenvalue weighted by atomic mass is 35.5. The Morgan fingerprint density at radius 1 is 0.889 bits per heavy atom. The van der Waals surface area contributed by atoms with E-state index in [2.05, 4.69) is 10.3 Å². The topological polar surface area (TPSA) is 47.8 Å². The summed E-state index contributed by atoms with van der Waals surface area (Å²) in [5.41, 5.74) is 3.22. The van der Waals surface area contributed by atoms with E-state index in [9.17, 15) is 4.79 Å². The number of benzene rings is 3. The van der Waals surface area contributed by atoms with Crippen molar-refractivity contribution >= 4 is 51.8 Å². The normalized spacial score (nSPS) is 11.7. The van der Waals surface area contributed by atoms with Crippen molar-refractivity contribution in [2.75, 3.05) is 0 Å². The minimum Gasteiger partial charge on any atom is -0.267 e. The lowest BCUT2D eigenvalue weighted by atomic mass is 10.0. The maximum Gasteiger partial charge on any atom is 0.280 e. The van der Waals surface area contributed by atoms with Crippen LogP contribution < -0.4 is 0 Å². The first-order chi connectivity index (χ1) is 13.1. The highest BCUT2D eigenvalue weighted by Gasteiger charge is 2.18. The van der Waals surface area contributed by atoms with E-state index < -0.39 is 0 Å². The Morgan fingerprint density at radius 2 is 1.63 bits per heavy atom. The number of carbonyl (C=O) groups is 1. The van der Waals surface area contributed by atoms with Crippen LogP contribution in [0.1, 0.15) is 15.9 Å². The van der Waals surface area contributed by atoms with Gasteiger partial charge in [-0.25, -0.2) is 0 Å². The van der Waals surface area contributed by atoms with Gasteiger partial charge in [0, 0.05) is 15.6 Å². The Bertz CT molecular complexity index is 1180. The van der Waals surface area contributed by atoms with Crippen LogP contribution in [-0.4, -0.2) is 20.9 Å². The van der Waals surface area contributed by atoms with Gasteiger partial charge in [0.15, 0.2) is 0 Å². The second-order valence-electron chi connectivity index (χ2n) is 5.92. The molecule has 1 heterocycles. The molecule has 0 unspecified atom stereocenters. The van der Waals surface area contributed by atoms with E-state index >= 15 is 0 Å². The quantitative estimate of drug-likeness (QED) is 0.335. The molecule has 0 aliphatic heterocycles. The van der Waals surface area contributed by atoms with Crippen molar-refractivity contribution in [3.8, 4) is 0 Å². The van der Waals surface area contributed by atoms with Crippen molar-refractivity contribution in [3.63, 3.8) is 0 Å². The van der Waals surface area contributed by atoms with E-state index in [0.717, 1.165) is 5.56 Å². The largest absolute Gasteiger partial charge is 0.280 e. The summed E-state index contributed by atoms with van der Waals surface area (Å²) in [7, 11) is 0. The second kappa shape index (κ2) is 7.35. The van der Waals surface area contributed by atoms with Gasteiger partial charge in [-0.2, -0.15) is 4.68 Å². The van der Waals surface area contributed by atoms with Crippen LogP contribution in [0.5, 0.6) is 0 Å². The summed E-state index contributed by atoms with van der Waals surface area (Å²) in [4.78, 5) is 13.3. The van der Waals surface area contributed by atoms with Crippen molar-refractivity contribution in [2.24, 2.45) is 0 Å². The number of carbonyl (C=O) groups excluding carboxylic acids is 1. The van der Waals surface area contributed by atoms with Crippen molar-refractivity contribution in [1.29, 1.82) is 0 Å². The molecule has 3 aromatic carbocycles. The zero-order valence-corrected chi connectivity index (χ0v) is 15.5. The Kier molecular flexibility index (Phi) is 4.75. The summed E-state index contributed by atoms with van der Waals surface area (Å²) in [6.45, 7) is 0. The molecule has 4 nitrogen and oxygen atoms in total. The summed E-state index contributed by atoms with van der Waals surface area (Å²) in [5.74, 6) is -0.300. The Balaban J connectivity index is 1.88. The molecule has 0 bridgehead atoms. The van der Waals surface area contributed by atoms with E-state index in [1.54, 1.807) is 36.4 Å². The predicted octanol–water partition coefficient (Wildman–Crippen LogP) is 5.62. The third kappa shape index (κ3) is 3.63. The molecule has 27 heavy (non-hydrogen) atoms. The van der Waals surface area contributed by atoms with Crippen LogP contribution in [0.15, 0.2) is 72.8 Å². The minimum atomic E-state index is -0.300. The number of allylic oxidation sites excluding steroid dienone is 1. The van der Waals surface area contributed by atoms with Gasteiger partial charge < -0.3 is 0 Å². The Morgan fingerprint density at radius 3 is 2.41 bits per heavy atom. The molecule has 0 saturated carbocycles. The number of aromatic nitrogens is 3. The molecule has 132 valence electrons. The molecule has 0 spiro atoms. The molecule has 6 heteroatoms. The monoisotopic (exact) mass is 393 g/mol. The van der Waals surface area contributed by atoms with E-state index in [4.69, 9.17) is 23.2 Å². The zero-order valence-electron chi connectivity index (χ0n) is 14.0.